The zero-order chi connectivity index (χ0) is 26.5. The van der Waals surface area contributed by atoms with E-state index in [9.17, 15) is 14.0 Å². The van der Waals surface area contributed by atoms with Crippen LogP contribution < -0.4 is 5.56 Å². The normalized spacial score (nSPS) is 12.0. The lowest BCUT2D eigenvalue weighted by Gasteiger charge is -2.31. The van der Waals surface area contributed by atoms with Crippen LogP contribution in [0, 0.1) is 12.7 Å². The molecule has 0 aliphatic heterocycles. The van der Waals surface area contributed by atoms with Gasteiger partial charge >= 0.3 is 0 Å². The average molecular weight is 520 g/mol. The molecule has 0 fully saturated rings. The first-order valence-corrected chi connectivity index (χ1v) is 13.0. The molecule has 5 nitrogen and oxygen atoms in total. The van der Waals surface area contributed by atoms with Crippen LogP contribution in [0.5, 0.6) is 0 Å². The first-order chi connectivity index (χ1) is 17.8. The van der Waals surface area contributed by atoms with Crippen molar-refractivity contribution in [3.8, 4) is 5.69 Å². The summed E-state index contributed by atoms with van der Waals surface area (Å²) in [5.41, 5.74) is 1.93. The predicted molar refractivity (Wildman–Crippen MR) is 147 cm³/mol. The first-order valence-electron chi connectivity index (χ1n) is 12.7. The van der Waals surface area contributed by atoms with E-state index in [0.29, 0.717) is 34.0 Å². The van der Waals surface area contributed by atoms with Crippen LogP contribution in [0.2, 0.25) is 5.02 Å². The first kappa shape index (κ1) is 26.6. The highest BCUT2D eigenvalue weighted by molar-refractivity contribution is 6.31. The number of halogens is 2. The predicted octanol–water partition coefficient (Wildman–Crippen LogP) is 7.27. The molecule has 1 heterocycles. The highest BCUT2D eigenvalue weighted by atomic mass is 35.5. The average Bonchev–Trinajstić information content (AvgIpc) is 2.90. The molecule has 37 heavy (non-hydrogen) atoms. The van der Waals surface area contributed by atoms with E-state index in [4.69, 9.17) is 16.6 Å². The lowest BCUT2D eigenvalue weighted by atomic mass is 10.1. The summed E-state index contributed by atoms with van der Waals surface area (Å²) in [6, 6.07) is 17.7. The molecule has 0 N–H and O–H groups in total. The lowest BCUT2D eigenvalue weighted by Crippen LogP contribution is -2.38. The molecule has 1 amide bonds. The highest BCUT2D eigenvalue weighted by Gasteiger charge is 2.28. The Morgan fingerprint density at radius 1 is 1.05 bits per heavy atom. The van der Waals surface area contributed by atoms with Gasteiger partial charge in [-0.3, -0.25) is 14.2 Å². The molecule has 1 unspecified atom stereocenters. The number of hydrogen-bond donors (Lipinski definition) is 0. The largest absolute Gasteiger partial charge is 0.329 e. The third-order valence-corrected chi connectivity index (χ3v) is 7.12. The van der Waals surface area contributed by atoms with E-state index in [1.165, 1.54) is 18.2 Å². The highest BCUT2D eigenvalue weighted by Crippen LogP contribution is 2.28. The van der Waals surface area contributed by atoms with Crippen molar-refractivity contribution in [3.05, 3.63) is 105 Å². The Kier molecular flexibility index (Phi) is 8.39. The molecule has 3 aromatic carbocycles. The topological polar surface area (TPSA) is 55.2 Å². The number of para-hydroxylation sites is 1. The standard InChI is InChI=1S/C30H31ClFN3O2/c1-4-5-6-9-18-34(29(36)22-12-10-13-23(32)19-22)21(3)28-33-26-16-8-7-14-24(26)30(37)35(28)27-17-11-15-25(31)20(27)2/h7-8,10-17,19,21H,4-6,9,18H2,1-3H3. The van der Waals surface area contributed by atoms with E-state index >= 15 is 0 Å². The number of benzene rings is 3. The molecule has 1 atom stereocenters. The Balaban J connectivity index is 1.90. The van der Waals surface area contributed by atoms with Crippen LogP contribution in [0.15, 0.2) is 71.5 Å². The van der Waals surface area contributed by atoms with Crippen molar-refractivity contribution >= 4 is 28.4 Å². The molecule has 7 heteroatoms. The third kappa shape index (κ3) is 5.59. The van der Waals surface area contributed by atoms with Crippen molar-refractivity contribution in [2.75, 3.05) is 6.54 Å². The second-order valence-electron chi connectivity index (χ2n) is 9.26. The van der Waals surface area contributed by atoms with Crippen LogP contribution in [0.3, 0.4) is 0 Å². The number of hydrogen-bond acceptors (Lipinski definition) is 3. The van der Waals surface area contributed by atoms with E-state index in [-0.39, 0.29) is 17.0 Å². The van der Waals surface area contributed by atoms with Gasteiger partial charge in [0.15, 0.2) is 0 Å². The fourth-order valence-corrected chi connectivity index (χ4v) is 4.78. The SMILES string of the molecule is CCCCCCN(C(=O)c1cccc(F)c1)C(C)c1nc2ccccc2c(=O)n1-c1cccc(Cl)c1C. The van der Waals surface area contributed by atoms with E-state index in [0.717, 1.165) is 31.2 Å². The maximum absolute atomic E-state index is 14.0. The van der Waals surface area contributed by atoms with Crippen molar-refractivity contribution < 1.29 is 9.18 Å². The van der Waals surface area contributed by atoms with Gasteiger partial charge in [0.25, 0.3) is 11.5 Å². The van der Waals surface area contributed by atoms with Gasteiger partial charge in [-0.15, -0.1) is 0 Å². The number of fused-ring (bicyclic) bond motifs is 1. The van der Waals surface area contributed by atoms with Crippen LogP contribution in [-0.4, -0.2) is 26.9 Å². The minimum atomic E-state index is -0.576. The second-order valence-corrected chi connectivity index (χ2v) is 9.66. The van der Waals surface area contributed by atoms with Crippen LogP contribution in [0.1, 0.15) is 67.3 Å². The Morgan fingerprint density at radius 2 is 1.81 bits per heavy atom. The number of nitrogens with zero attached hydrogens (tertiary/aromatic N) is 3. The molecule has 0 radical (unpaired) electrons. The Hall–Kier alpha value is -3.51. The lowest BCUT2D eigenvalue weighted by molar-refractivity contribution is 0.0676. The summed E-state index contributed by atoms with van der Waals surface area (Å²) < 4.78 is 15.6. The van der Waals surface area contributed by atoms with Gasteiger partial charge in [0.05, 0.1) is 22.6 Å². The smallest absolute Gasteiger partial charge is 0.266 e. The van der Waals surface area contributed by atoms with Gasteiger partial charge in [0, 0.05) is 17.1 Å². The summed E-state index contributed by atoms with van der Waals surface area (Å²) >= 11 is 6.44. The number of rotatable bonds is 9. The summed E-state index contributed by atoms with van der Waals surface area (Å²) in [6.45, 7) is 6.30. The number of carbonyl (C=O) groups excluding carboxylic acids is 1. The molecule has 192 valence electrons. The molecule has 0 saturated carbocycles. The summed E-state index contributed by atoms with van der Waals surface area (Å²) in [7, 11) is 0. The summed E-state index contributed by atoms with van der Waals surface area (Å²) in [6.07, 6.45) is 3.86. The van der Waals surface area contributed by atoms with Crippen molar-refractivity contribution in [1.82, 2.24) is 14.5 Å². The molecule has 0 aliphatic carbocycles. The van der Waals surface area contributed by atoms with Gasteiger partial charge in [-0.25, -0.2) is 9.37 Å². The third-order valence-electron chi connectivity index (χ3n) is 6.71. The van der Waals surface area contributed by atoms with Gasteiger partial charge in [0.2, 0.25) is 0 Å². The molecule has 0 spiro atoms. The maximum Gasteiger partial charge on any atom is 0.266 e. The Morgan fingerprint density at radius 3 is 2.57 bits per heavy atom. The Labute approximate surface area is 221 Å². The van der Waals surface area contributed by atoms with Crippen LogP contribution in [0.4, 0.5) is 4.39 Å². The van der Waals surface area contributed by atoms with Crippen molar-refractivity contribution in [1.29, 1.82) is 0 Å². The maximum atomic E-state index is 14.0. The number of carbonyl (C=O) groups is 1. The minimum Gasteiger partial charge on any atom is -0.329 e. The fourth-order valence-electron chi connectivity index (χ4n) is 4.61. The van der Waals surface area contributed by atoms with E-state index in [1.54, 1.807) is 45.9 Å². The van der Waals surface area contributed by atoms with E-state index in [2.05, 4.69) is 6.92 Å². The number of unbranched alkanes of at least 4 members (excludes halogenated alkanes) is 3. The Bertz CT molecular complexity index is 1480. The van der Waals surface area contributed by atoms with Crippen molar-refractivity contribution in [2.45, 2.75) is 52.5 Å². The minimum absolute atomic E-state index is 0.234. The summed E-state index contributed by atoms with van der Waals surface area (Å²) in [5.74, 6) is -0.352. The number of amides is 1. The van der Waals surface area contributed by atoms with E-state index < -0.39 is 11.9 Å². The quantitative estimate of drug-likeness (QED) is 0.218. The second kappa shape index (κ2) is 11.7. The summed E-state index contributed by atoms with van der Waals surface area (Å²) in [5, 5.41) is 1.01. The monoisotopic (exact) mass is 519 g/mol. The van der Waals surface area contributed by atoms with Gasteiger partial charge in [-0.1, -0.05) is 62.1 Å². The van der Waals surface area contributed by atoms with E-state index in [1.807, 2.05) is 26.0 Å². The fraction of sp³-hybridized carbons (Fsp3) is 0.300. The van der Waals surface area contributed by atoms with Crippen LogP contribution >= 0.6 is 11.6 Å². The molecule has 1 aromatic heterocycles. The molecule has 0 aliphatic rings. The molecule has 4 rings (SSSR count). The van der Waals surface area contributed by atoms with Crippen LogP contribution in [0.25, 0.3) is 16.6 Å². The van der Waals surface area contributed by atoms with Crippen molar-refractivity contribution in [2.24, 2.45) is 0 Å². The molecule has 0 saturated heterocycles. The van der Waals surface area contributed by atoms with Gasteiger partial charge < -0.3 is 4.90 Å². The van der Waals surface area contributed by atoms with Gasteiger partial charge in [0.1, 0.15) is 11.6 Å². The molecular formula is C30H31ClFN3O2. The molecule has 0 bridgehead atoms. The van der Waals surface area contributed by atoms with Crippen LogP contribution in [-0.2, 0) is 0 Å². The zero-order valence-corrected chi connectivity index (χ0v) is 22.1. The zero-order valence-electron chi connectivity index (χ0n) is 21.4. The molecular weight excluding hydrogens is 489 g/mol. The van der Waals surface area contributed by atoms with Gasteiger partial charge in [-0.05, 0) is 68.3 Å². The van der Waals surface area contributed by atoms with Crippen molar-refractivity contribution in [3.63, 3.8) is 0 Å². The van der Waals surface area contributed by atoms with Gasteiger partial charge in [-0.2, -0.15) is 0 Å². The number of aromatic nitrogens is 2. The summed E-state index contributed by atoms with van der Waals surface area (Å²) in [4.78, 5) is 34.2. The molecule has 4 aromatic rings.